The Morgan fingerprint density at radius 1 is 0.727 bits per heavy atom. The summed E-state index contributed by atoms with van der Waals surface area (Å²) >= 11 is 0. The third kappa shape index (κ3) is 4.64. The lowest BCUT2D eigenvalue weighted by molar-refractivity contribution is 0.680. The highest BCUT2D eigenvalue weighted by molar-refractivity contribution is 5.98. The van der Waals surface area contributed by atoms with E-state index in [0.29, 0.717) is 0 Å². The van der Waals surface area contributed by atoms with Gasteiger partial charge in [-0.3, -0.25) is 0 Å². The van der Waals surface area contributed by atoms with Gasteiger partial charge in [0.25, 0.3) is 0 Å². The molecule has 0 aliphatic heterocycles. The highest BCUT2D eigenvalue weighted by Gasteiger charge is 1.95. The molecule has 3 aromatic carbocycles. The second-order valence-corrected chi connectivity index (χ2v) is 5.56. The van der Waals surface area contributed by atoms with Gasteiger partial charge in [0.2, 0.25) is 0 Å². The Hall–Kier alpha value is -2.26. The molecule has 0 radical (unpaired) electrons. The van der Waals surface area contributed by atoms with Crippen LogP contribution in [0.5, 0.6) is 0 Å². The molecule has 0 atom stereocenters. The molecule has 3 aromatic rings. The van der Waals surface area contributed by atoms with Crippen LogP contribution in [0.25, 0.3) is 21.5 Å². The van der Waals surface area contributed by atoms with E-state index in [1.165, 1.54) is 47.2 Å². The zero-order valence-corrected chi connectivity index (χ0v) is 13.4. The van der Waals surface area contributed by atoms with Gasteiger partial charge in [0.05, 0.1) is 0 Å². The Morgan fingerprint density at radius 3 is 1.55 bits per heavy atom. The summed E-state index contributed by atoms with van der Waals surface area (Å²) < 4.78 is 0. The molecule has 22 heavy (non-hydrogen) atoms. The molecule has 0 aromatic heterocycles. The van der Waals surface area contributed by atoms with Crippen molar-refractivity contribution in [3.63, 3.8) is 0 Å². The van der Waals surface area contributed by atoms with E-state index in [9.17, 15) is 0 Å². The summed E-state index contributed by atoms with van der Waals surface area (Å²) in [7, 11) is 0. The van der Waals surface area contributed by atoms with E-state index in [-0.39, 0.29) is 0 Å². The molecule has 112 valence electrons. The fourth-order valence-corrected chi connectivity index (χ4v) is 2.54. The van der Waals surface area contributed by atoms with Gasteiger partial charge in [0, 0.05) is 6.42 Å². The summed E-state index contributed by atoms with van der Waals surface area (Å²) in [6.45, 7) is 2.20. The first-order valence-electron chi connectivity index (χ1n) is 8.16. The normalized spacial score (nSPS) is 10.0. The van der Waals surface area contributed by atoms with E-state index in [1.54, 1.807) is 0 Å². The number of hydrogen-bond donors (Lipinski definition) is 0. The van der Waals surface area contributed by atoms with Gasteiger partial charge in [0.1, 0.15) is 0 Å². The van der Waals surface area contributed by atoms with Crippen molar-refractivity contribution in [2.75, 3.05) is 0 Å². The first-order valence-corrected chi connectivity index (χ1v) is 8.16. The van der Waals surface area contributed by atoms with Crippen molar-refractivity contribution in [3.8, 4) is 12.3 Å². The van der Waals surface area contributed by atoms with Crippen LogP contribution >= 0.6 is 0 Å². The minimum atomic E-state index is 0.958. The van der Waals surface area contributed by atoms with Crippen molar-refractivity contribution >= 4 is 21.5 Å². The smallest absolute Gasteiger partial charge is 0.00860 e. The van der Waals surface area contributed by atoms with Crippen molar-refractivity contribution in [1.29, 1.82) is 0 Å². The maximum atomic E-state index is 5.06. The first kappa shape index (κ1) is 16.1. The molecule has 0 aliphatic rings. The van der Waals surface area contributed by atoms with Crippen molar-refractivity contribution in [2.24, 2.45) is 0 Å². The van der Waals surface area contributed by atoms with Crippen molar-refractivity contribution in [2.45, 2.75) is 39.0 Å². The molecular weight excluding hydrogens is 264 g/mol. The quantitative estimate of drug-likeness (QED) is 0.289. The number of terminal acetylenes is 1. The van der Waals surface area contributed by atoms with Crippen LogP contribution in [0.15, 0.2) is 60.7 Å². The van der Waals surface area contributed by atoms with E-state index in [4.69, 9.17) is 6.42 Å². The number of hydrogen-bond acceptors (Lipinski definition) is 0. The molecule has 0 N–H and O–H groups in total. The summed E-state index contributed by atoms with van der Waals surface area (Å²) in [6.07, 6.45) is 11.2. The predicted octanol–water partition coefficient (Wildman–Crippen LogP) is 6.58. The SMILES string of the molecule is C#CCCCCCC.c1ccc2cc3ccccc3cc2c1. The van der Waals surface area contributed by atoms with E-state index in [0.717, 1.165) is 6.42 Å². The van der Waals surface area contributed by atoms with Gasteiger partial charge in [-0.15, -0.1) is 12.3 Å². The molecule has 0 saturated carbocycles. The van der Waals surface area contributed by atoms with Gasteiger partial charge in [-0.05, 0) is 40.1 Å². The van der Waals surface area contributed by atoms with Crippen LogP contribution in [-0.4, -0.2) is 0 Å². The van der Waals surface area contributed by atoms with Gasteiger partial charge >= 0.3 is 0 Å². The number of benzene rings is 3. The summed E-state index contributed by atoms with van der Waals surface area (Å²) in [5.74, 6) is 2.63. The summed E-state index contributed by atoms with van der Waals surface area (Å²) in [6, 6.07) is 21.4. The average Bonchev–Trinajstić information content (AvgIpc) is 2.57. The summed E-state index contributed by atoms with van der Waals surface area (Å²) in [5, 5.41) is 5.25. The molecule has 0 heteroatoms. The van der Waals surface area contributed by atoms with Gasteiger partial charge in [-0.2, -0.15) is 0 Å². The molecule has 3 rings (SSSR count). The molecule has 0 spiro atoms. The number of rotatable bonds is 4. The van der Waals surface area contributed by atoms with Gasteiger partial charge < -0.3 is 0 Å². The molecule has 0 saturated heterocycles. The minimum absolute atomic E-state index is 0.958. The molecule has 0 fully saturated rings. The summed E-state index contributed by atoms with van der Waals surface area (Å²) in [5.41, 5.74) is 0. The lowest BCUT2D eigenvalue weighted by Gasteiger charge is -2.00. The molecule has 0 heterocycles. The predicted molar refractivity (Wildman–Crippen MR) is 99.0 cm³/mol. The van der Waals surface area contributed by atoms with Crippen molar-refractivity contribution in [3.05, 3.63) is 60.7 Å². The van der Waals surface area contributed by atoms with Crippen LogP contribution in [0, 0.1) is 12.3 Å². The van der Waals surface area contributed by atoms with Gasteiger partial charge in [-0.25, -0.2) is 0 Å². The van der Waals surface area contributed by atoms with E-state index in [2.05, 4.69) is 73.5 Å². The molecule has 0 bridgehead atoms. The third-order valence-corrected chi connectivity index (χ3v) is 3.79. The van der Waals surface area contributed by atoms with Crippen LogP contribution in [0.1, 0.15) is 39.0 Å². The Bertz CT molecular complexity index is 641. The molecule has 0 aliphatic carbocycles. The Morgan fingerprint density at radius 2 is 1.18 bits per heavy atom. The topological polar surface area (TPSA) is 0 Å². The van der Waals surface area contributed by atoms with Crippen LogP contribution < -0.4 is 0 Å². The average molecular weight is 288 g/mol. The zero-order chi connectivity index (χ0) is 15.6. The first-order chi connectivity index (χ1) is 10.8. The second kappa shape index (κ2) is 8.90. The van der Waals surface area contributed by atoms with Crippen LogP contribution in [0.3, 0.4) is 0 Å². The highest BCUT2D eigenvalue weighted by atomic mass is 14.0. The minimum Gasteiger partial charge on any atom is -0.120 e. The standard InChI is InChI=1S/C14H10.C8H14/c1-2-6-12-10-14-8-4-3-7-13(14)9-11(12)5-1;1-3-5-7-8-6-4-2/h1-10H;1H,4-8H2,2H3. The van der Waals surface area contributed by atoms with Crippen molar-refractivity contribution < 1.29 is 0 Å². The second-order valence-electron chi connectivity index (χ2n) is 5.56. The Balaban J connectivity index is 0.000000192. The zero-order valence-electron chi connectivity index (χ0n) is 13.4. The molecule has 0 nitrogen and oxygen atoms in total. The molecular formula is C22H24. The van der Waals surface area contributed by atoms with Crippen LogP contribution in [-0.2, 0) is 0 Å². The fourth-order valence-electron chi connectivity index (χ4n) is 2.54. The summed E-state index contributed by atoms with van der Waals surface area (Å²) in [4.78, 5) is 0. The fraction of sp³-hybridized carbons (Fsp3) is 0.273. The number of unbranched alkanes of at least 4 members (excludes halogenated alkanes) is 4. The molecule has 0 unspecified atom stereocenters. The Labute approximate surface area is 134 Å². The van der Waals surface area contributed by atoms with Crippen LogP contribution in [0.2, 0.25) is 0 Å². The highest BCUT2D eigenvalue weighted by Crippen LogP contribution is 2.21. The molecule has 0 amide bonds. The largest absolute Gasteiger partial charge is 0.120 e. The Kier molecular flexibility index (Phi) is 6.52. The van der Waals surface area contributed by atoms with Crippen molar-refractivity contribution in [1.82, 2.24) is 0 Å². The third-order valence-electron chi connectivity index (χ3n) is 3.79. The van der Waals surface area contributed by atoms with Crippen LogP contribution in [0.4, 0.5) is 0 Å². The van der Waals surface area contributed by atoms with Gasteiger partial charge in [-0.1, -0.05) is 74.7 Å². The number of fused-ring (bicyclic) bond motifs is 2. The van der Waals surface area contributed by atoms with E-state index < -0.39 is 0 Å². The monoisotopic (exact) mass is 288 g/mol. The van der Waals surface area contributed by atoms with Gasteiger partial charge in [0.15, 0.2) is 0 Å². The van der Waals surface area contributed by atoms with E-state index >= 15 is 0 Å². The lowest BCUT2D eigenvalue weighted by Crippen LogP contribution is -1.74. The lowest BCUT2D eigenvalue weighted by atomic mass is 10.0. The maximum Gasteiger partial charge on any atom is 0.00860 e. The maximum absolute atomic E-state index is 5.06. The van der Waals surface area contributed by atoms with E-state index in [1.807, 2.05) is 0 Å².